The zero-order valence-electron chi connectivity index (χ0n) is 21.5. The summed E-state index contributed by atoms with van der Waals surface area (Å²) in [7, 11) is 3.96. The highest BCUT2D eigenvalue weighted by Crippen LogP contribution is 2.69. The zero-order chi connectivity index (χ0) is 25.0. The molecule has 2 aliphatic heterocycles. The van der Waals surface area contributed by atoms with Gasteiger partial charge in [-0.25, -0.2) is 0 Å². The van der Waals surface area contributed by atoms with Crippen LogP contribution in [0.15, 0.2) is 59.3 Å². The highest BCUT2D eigenvalue weighted by atomic mass is 16.5. The fourth-order valence-electron chi connectivity index (χ4n) is 8.60. The minimum absolute atomic E-state index is 0.0475. The number of benzene rings is 1. The number of allylic oxidation sites excluding steroid dienone is 3. The quantitative estimate of drug-likeness (QED) is 0.669. The molecular weight excluding hydrogens is 450 g/mol. The molecular formula is C30H35N3O3. The third-order valence-electron chi connectivity index (χ3n) is 10.2. The van der Waals surface area contributed by atoms with Crippen molar-refractivity contribution in [2.45, 2.75) is 75.4 Å². The smallest absolute Gasteiger partial charge is 0.105 e. The SMILES string of the molecule is CC1=C2C=C3C(O)C(O)C(N(C)C)CC34CCC2(O4)C2CC=C(c3ccc4ccnnc4c3)C2(C)C1. The minimum atomic E-state index is -0.896. The van der Waals surface area contributed by atoms with E-state index in [1.165, 1.54) is 22.3 Å². The molecule has 1 aromatic heterocycles. The first-order chi connectivity index (χ1) is 17.2. The zero-order valence-corrected chi connectivity index (χ0v) is 21.5. The van der Waals surface area contributed by atoms with Crippen LogP contribution in [-0.2, 0) is 4.74 Å². The van der Waals surface area contributed by atoms with Gasteiger partial charge in [0.05, 0.1) is 29.0 Å². The van der Waals surface area contributed by atoms with Crippen molar-refractivity contribution in [3.63, 3.8) is 0 Å². The van der Waals surface area contributed by atoms with Gasteiger partial charge < -0.3 is 19.8 Å². The highest BCUT2D eigenvalue weighted by molar-refractivity contribution is 5.85. The molecule has 2 spiro atoms. The molecule has 2 aromatic rings. The summed E-state index contributed by atoms with van der Waals surface area (Å²) >= 11 is 0. The summed E-state index contributed by atoms with van der Waals surface area (Å²) in [6.45, 7) is 4.66. The first-order valence-electron chi connectivity index (χ1n) is 13.3. The minimum Gasteiger partial charge on any atom is -0.388 e. The van der Waals surface area contributed by atoms with Gasteiger partial charge in [0.2, 0.25) is 0 Å². The lowest BCUT2D eigenvalue weighted by Gasteiger charge is -2.56. The number of ether oxygens (including phenoxy) is 1. The number of rotatable bonds is 2. The molecule has 7 rings (SSSR count). The number of nitrogens with zero attached hydrogens (tertiary/aromatic N) is 3. The van der Waals surface area contributed by atoms with Crippen LogP contribution in [0.4, 0.5) is 0 Å². The maximum atomic E-state index is 11.2. The third kappa shape index (κ3) is 2.76. The second-order valence-corrected chi connectivity index (χ2v) is 12.3. The molecule has 1 saturated carbocycles. The standard InChI is InChI=1S/C30H35N3O3/c1-17-15-28(2)20(19-6-5-18-9-12-31-32-23(18)13-19)7-8-25(28)30-11-10-29(36-30)16-24(33(3)4)27(35)26(34)22(29)14-21(17)30/h5-7,9,12-14,24-27,34-35H,8,10-11,15-16H2,1-4H3. The Balaban J connectivity index is 1.33. The Labute approximate surface area is 212 Å². The fraction of sp³-hybridized carbons (Fsp3) is 0.533. The van der Waals surface area contributed by atoms with Crippen molar-refractivity contribution in [2.24, 2.45) is 11.3 Å². The fourth-order valence-corrected chi connectivity index (χ4v) is 8.60. The summed E-state index contributed by atoms with van der Waals surface area (Å²) < 4.78 is 7.30. The van der Waals surface area contributed by atoms with E-state index in [1.807, 2.05) is 25.1 Å². The van der Waals surface area contributed by atoms with Crippen LogP contribution in [0.2, 0.25) is 0 Å². The topological polar surface area (TPSA) is 78.7 Å². The Morgan fingerprint density at radius 1 is 1.14 bits per heavy atom. The summed E-state index contributed by atoms with van der Waals surface area (Å²) in [4.78, 5) is 2.03. The van der Waals surface area contributed by atoms with Crippen LogP contribution in [0.3, 0.4) is 0 Å². The maximum Gasteiger partial charge on any atom is 0.105 e. The lowest BCUT2D eigenvalue weighted by molar-refractivity contribution is -0.162. The Morgan fingerprint density at radius 2 is 1.97 bits per heavy atom. The lowest BCUT2D eigenvalue weighted by atomic mass is 9.56. The van der Waals surface area contributed by atoms with Gasteiger partial charge in [-0.15, -0.1) is 0 Å². The average molecular weight is 486 g/mol. The molecule has 5 aliphatic rings. The van der Waals surface area contributed by atoms with E-state index in [0.717, 1.165) is 42.2 Å². The van der Waals surface area contributed by atoms with E-state index in [1.54, 1.807) is 6.20 Å². The number of likely N-dealkylation sites (N-methyl/N-ethyl adjacent to an activating group) is 1. The van der Waals surface area contributed by atoms with Gasteiger partial charge in [-0.1, -0.05) is 36.8 Å². The summed E-state index contributed by atoms with van der Waals surface area (Å²) in [5, 5.41) is 31.7. The Kier molecular flexibility index (Phi) is 4.65. The van der Waals surface area contributed by atoms with Gasteiger partial charge in [0.1, 0.15) is 6.10 Å². The van der Waals surface area contributed by atoms with Gasteiger partial charge in [-0.05, 0) is 87.5 Å². The molecule has 3 heterocycles. The largest absolute Gasteiger partial charge is 0.388 e. The van der Waals surface area contributed by atoms with Crippen LogP contribution >= 0.6 is 0 Å². The number of fused-ring (bicyclic) bond motifs is 2. The van der Waals surface area contributed by atoms with E-state index in [9.17, 15) is 10.2 Å². The Bertz CT molecular complexity index is 1380. The van der Waals surface area contributed by atoms with E-state index in [2.05, 4.69) is 54.4 Å². The first kappa shape index (κ1) is 22.8. The molecule has 2 N–H and O–H groups in total. The van der Waals surface area contributed by atoms with Crippen molar-refractivity contribution in [3.05, 3.63) is 64.9 Å². The summed E-state index contributed by atoms with van der Waals surface area (Å²) in [6.07, 6.45) is 9.18. The van der Waals surface area contributed by atoms with Gasteiger partial charge in [0.25, 0.3) is 0 Å². The predicted octanol–water partition coefficient (Wildman–Crippen LogP) is 4.04. The molecule has 188 valence electrons. The second-order valence-electron chi connectivity index (χ2n) is 12.3. The Hall–Kier alpha value is -2.38. The van der Waals surface area contributed by atoms with Gasteiger partial charge in [0.15, 0.2) is 0 Å². The maximum absolute atomic E-state index is 11.2. The molecule has 1 aromatic carbocycles. The van der Waals surface area contributed by atoms with E-state index in [-0.39, 0.29) is 17.1 Å². The highest BCUT2D eigenvalue weighted by Gasteiger charge is 2.68. The van der Waals surface area contributed by atoms with E-state index in [0.29, 0.717) is 12.3 Å². The van der Waals surface area contributed by atoms with Crippen LogP contribution in [0.5, 0.6) is 0 Å². The monoisotopic (exact) mass is 485 g/mol. The van der Waals surface area contributed by atoms with Crippen LogP contribution in [-0.4, -0.2) is 68.9 Å². The first-order valence-corrected chi connectivity index (χ1v) is 13.3. The van der Waals surface area contributed by atoms with Crippen molar-refractivity contribution in [1.29, 1.82) is 0 Å². The van der Waals surface area contributed by atoms with Crippen LogP contribution in [0, 0.1) is 11.3 Å². The van der Waals surface area contributed by atoms with Crippen LogP contribution in [0.1, 0.15) is 51.5 Å². The second kappa shape index (κ2) is 7.35. The molecule has 6 heteroatoms. The molecule has 7 atom stereocenters. The number of aliphatic hydroxyl groups excluding tert-OH is 2. The normalized spacial score (nSPS) is 41.2. The summed E-state index contributed by atoms with van der Waals surface area (Å²) in [5.74, 6) is 0.329. The molecule has 6 nitrogen and oxygen atoms in total. The number of hydrogen-bond acceptors (Lipinski definition) is 6. The van der Waals surface area contributed by atoms with Crippen molar-refractivity contribution < 1.29 is 14.9 Å². The molecule has 7 unspecified atom stereocenters. The lowest BCUT2D eigenvalue weighted by Crippen LogP contribution is -2.62. The van der Waals surface area contributed by atoms with E-state index < -0.39 is 17.8 Å². The molecule has 0 radical (unpaired) electrons. The van der Waals surface area contributed by atoms with Gasteiger partial charge in [-0.3, -0.25) is 0 Å². The van der Waals surface area contributed by atoms with Crippen molar-refractivity contribution in [1.82, 2.24) is 15.1 Å². The number of aromatic nitrogens is 2. The summed E-state index contributed by atoms with van der Waals surface area (Å²) in [5.41, 5.74) is 6.11. The van der Waals surface area contributed by atoms with Crippen LogP contribution in [0.25, 0.3) is 16.5 Å². The predicted molar refractivity (Wildman–Crippen MR) is 139 cm³/mol. The number of hydrogen-bond donors (Lipinski definition) is 2. The average Bonchev–Trinajstić information content (AvgIpc) is 3.36. The molecule has 2 fully saturated rings. The molecule has 2 bridgehead atoms. The summed E-state index contributed by atoms with van der Waals surface area (Å²) in [6, 6.07) is 8.44. The van der Waals surface area contributed by atoms with Crippen molar-refractivity contribution >= 4 is 16.5 Å². The van der Waals surface area contributed by atoms with Crippen molar-refractivity contribution in [3.8, 4) is 0 Å². The van der Waals surface area contributed by atoms with E-state index in [4.69, 9.17) is 4.74 Å². The Morgan fingerprint density at radius 3 is 2.78 bits per heavy atom. The molecule has 3 aliphatic carbocycles. The molecule has 0 amide bonds. The van der Waals surface area contributed by atoms with E-state index >= 15 is 0 Å². The van der Waals surface area contributed by atoms with Gasteiger partial charge in [-0.2, -0.15) is 10.2 Å². The van der Waals surface area contributed by atoms with Crippen LogP contribution < -0.4 is 0 Å². The van der Waals surface area contributed by atoms with Gasteiger partial charge in [0, 0.05) is 22.8 Å². The van der Waals surface area contributed by atoms with Crippen molar-refractivity contribution in [2.75, 3.05) is 14.1 Å². The van der Waals surface area contributed by atoms with Gasteiger partial charge >= 0.3 is 0 Å². The third-order valence-corrected chi connectivity index (χ3v) is 10.2. The number of aliphatic hydroxyl groups is 2. The molecule has 36 heavy (non-hydrogen) atoms. The molecule has 1 saturated heterocycles.